The van der Waals surface area contributed by atoms with E-state index in [1.165, 1.54) is 16.2 Å². The number of sulfonamides is 1. The van der Waals surface area contributed by atoms with Gasteiger partial charge in [0.25, 0.3) is 10.0 Å². The summed E-state index contributed by atoms with van der Waals surface area (Å²) in [7, 11) is -3.43. The Morgan fingerprint density at radius 1 is 1.22 bits per heavy atom. The van der Waals surface area contributed by atoms with Crippen molar-refractivity contribution in [3.63, 3.8) is 0 Å². The molecule has 18 heavy (non-hydrogen) atoms. The molecule has 0 bridgehead atoms. The molecule has 98 valence electrons. The molecular formula is C11H12BrNO2S3. The Labute approximate surface area is 123 Å². The van der Waals surface area contributed by atoms with Gasteiger partial charge in [-0.05, 0) is 54.0 Å². The zero-order valence-corrected chi connectivity index (χ0v) is 13.8. The van der Waals surface area contributed by atoms with Crippen molar-refractivity contribution in [1.29, 1.82) is 0 Å². The van der Waals surface area contributed by atoms with E-state index in [1.54, 1.807) is 23.5 Å². The second-order valence-electron chi connectivity index (χ2n) is 3.85. The van der Waals surface area contributed by atoms with E-state index in [0.29, 0.717) is 4.21 Å². The predicted molar refractivity (Wildman–Crippen MR) is 79.8 cm³/mol. The first-order valence-electron chi connectivity index (χ1n) is 5.22. The van der Waals surface area contributed by atoms with Crippen LogP contribution in [-0.2, 0) is 10.0 Å². The van der Waals surface area contributed by atoms with E-state index in [0.717, 1.165) is 8.66 Å². The topological polar surface area (TPSA) is 46.2 Å². The Morgan fingerprint density at radius 2 is 1.94 bits per heavy atom. The summed E-state index contributed by atoms with van der Waals surface area (Å²) in [6.07, 6.45) is 0. The van der Waals surface area contributed by atoms with Crippen LogP contribution < -0.4 is 4.72 Å². The van der Waals surface area contributed by atoms with E-state index in [-0.39, 0.29) is 6.04 Å². The van der Waals surface area contributed by atoms with Crippen LogP contribution in [0.15, 0.2) is 32.3 Å². The zero-order valence-electron chi connectivity index (χ0n) is 9.81. The normalized spacial score (nSPS) is 13.7. The summed E-state index contributed by atoms with van der Waals surface area (Å²) < 4.78 is 28.1. The number of aryl methyl sites for hydroxylation is 1. The van der Waals surface area contributed by atoms with Crippen LogP contribution in [0, 0.1) is 6.92 Å². The predicted octanol–water partition coefficient (Wildman–Crippen LogP) is 3.92. The van der Waals surface area contributed by atoms with Crippen LogP contribution >= 0.6 is 38.6 Å². The summed E-state index contributed by atoms with van der Waals surface area (Å²) in [4.78, 5) is 2.20. The van der Waals surface area contributed by atoms with Crippen LogP contribution in [0.5, 0.6) is 0 Å². The van der Waals surface area contributed by atoms with Gasteiger partial charge in [0.05, 0.1) is 9.83 Å². The number of thiophene rings is 2. The van der Waals surface area contributed by atoms with Crippen molar-refractivity contribution in [2.24, 2.45) is 0 Å². The SMILES string of the molecule is Cc1ccc(C(C)NS(=O)(=O)c2ccc(Br)s2)s1. The van der Waals surface area contributed by atoms with E-state index in [9.17, 15) is 8.42 Å². The minimum atomic E-state index is -3.43. The van der Waals surface area contributed by atoms with Gasteiger partial charge in [0, 0.05) is 9.75 Å². The highest BCUT2D eigenvalue weighted by atomic mass is 79.9. The summed E-state index contributed by atoms with van der Waals surface area (Å²) in [5.41, 5.74) is 0. The van der Waals surface area contributed by atoms with Crippen molar-refractivity contribution >= 4 is 48.6 Å². The first-order chi connectivity index (χ1) is 8.38. The van der Waals surface area contributed by atoms with Crippen molar-refractivity contribution in [2.75, 3.05) is 0 Å². The summed E-state index contributed by atoms with van der Waals surface area (Å²) in [5.74, 6) is 0. The van der Waals surface area contributed by atoms with Crippen LogP contribution in [0.2, 0.25) is 0 Å². The molecule has 2 heterocycles. The maximum atomic E-state index is 12.1. The summed E-state index contributed by atoms with van der Waals surface area (Å²) in [5, 5.41) is 0. The van der Waals surface area contributed by atoms with Gasteiger partial charge in [-0.2, -0.15) is 0 Å². The lowest BCUT2D eigenvalue weighted by atomic mass is 10.3. The number of nitrogens with one attached hydrogen (secondary N) is 1. The third-order valence-corrected chi connectivity index (χ3v) is 7.17. The standard InChI is InChI=1S/C11H12BrNO2S3/c1-7-3-4-9(16-7)8(2)13-18(14,15)11-6-5-10(12)17-11/h3-6,8,13H,1-2H3. The molecule has 0 saturated heterocycles. The third-order valence-electron chi connectivity index (χ3n) is 2.33. The molecule has 0 fully saturated rings. The van der Waals surface area contributed by atoms with Crippen molar-refractivity contribution < 1.29 is 8.42 Å². The van der Waals surface area contributed by atoms with Crippen LogP contribution in [-0.4, -0.2) is 8.42 Å². The van der Waals surface area contributed by atoms with Gasteiger partial charge in [0.1, 0.15) is 4.21 Å². The van der Waals surface area contributed by atoms with E-state index < -0.39 is 10.0 Å². The third kappa shape index (κ3) is 3.21. The molecule has 1 atom stereocenters. The minimum Gasteiger partial charge on any atom is -0.206 e. The Bertz CT molecular complexity index is 645. The minimum absolute atomic E-state index is 0.213. The molecule has 2 aromatic rings. The number of hydrogen-bond acceptors (Lipinski definition) is 4. The smallest absolute Gasteiger partial charge is 0.206 e. The molecule has 2 rings (SSSR count). The highest BCUT2D eigenvalue weighted by Crippen LogP contribution is 2.28. The largest absolute Gasteiger partial charge is 0.250 e. The average Bonchev–Trinajstić information content (AvgIpc) is 2.86. The van der Waals surface area contributed by atoms with Gasteiger partial charge >= 0.3 is 0 Å². The maximum Gasteiger partial charge on any atom is 0.250 e. The molecule has 1 unspecified atom stereocenters. The van der Waals surface area contributed by atoms with E-state index >= 15 is 0 Å². The van der Waals surface area contributed by atoms with E-state index in [4.69, 9.17) is 0 Å². The van der Waals surface area contributed by atoms with Gasteiger partial charge in [-0.25, -0.2) is 13.1 Å². The first kappa shape index (κ1) is 14.2. The summed E-state index contributed by atoms with van der Waals surface area (Å²) >= 11 is 6.08. The van der Waals surface area contributed by atoms with Crippen LogP contribution in [0.3, 0.4) is 0 Å². The van der Waals surface area contributed by atoms with Gasteiger partial charge in [-0.1, -0.05) is 0 Å². The molecule has 7 heteroatoms. The molecule has 2 aromatic heterocycles. The Kier molecular flexibility index (Phi) is 4.28. The lowest BCUT2D eigenvalue weighted by molar-refractivity contribution is 0.570. The van der Waals surface area contributed by atoms with Crippen LogP contribution in [0.4, 0.5) is 0 Å². The molecular weight excluding hydrogens is 354 g/mol. The molecule has 0 aliphatic carbocycles. The summed E-state index contributed by atoms with van der Waals surface area (Å²) in [6.45, 7) is 3.86. The van der Waals surface area contributed by atoms with Gasteiger partial charge in [0.2, 0.25) is 0 Å². The second kappa shape index (κ2) is 5.42. The Morgan fingerprint density at radius 3 is 2.44 bits per heavy atom. The molecule has 0 aliphatic heterocycles. The molecule has 0 radical (unpaired) electrons. The number of rotatable bonds is 4. The van der Waals surface area contributed by atoms with Crippen molar-refractivity contribution in [2.45, 2.75) is 24.1 Å². The maximum absolute atomic E-state index is 12.1. The zero-order chi connectivity index (χ0) is 13.3. The van der Waals surface area contributed by atoms with Crippen molar-refractivity contribution in [3.8, 4) is 0 Å². The molecule has 1 N–H and O–H groups in total. The molecule has 0 aromatic carbocycles. The Balaban J connectivity index is 2.18. The second-order valence-corrected chi connectivity index (χ2v) is 9.57. The van der Waals surface area contributed by atoms with Gasteiger partial charge in [-0.15, -0.1) is 22.7 Å². The van der Waals surface area contributed by atoms with Gasteiger partial charge in [0.15, 0.2) is 0 Å². The fourth-order valence-corrected chi connectivity index (χ4v) is 5.68. The highest BCUT2D eigenvalue weighted by Gasteiger charge is 2.20. The lowest BCUT2D eigenvalue weighted by Crippen LogP contribution is -2.25. The molecule has 0 amide bonds. The average molecular weight is 366 g/mol. The van der Waals surface area contributed by atoms with Crippen LogP contribution in [0.1, 0.15) is 22.7 Å². The quantitative estimate of drug-likeness (QED) is 0.892. The lowest BCUT2D eigenvalue weighted by Gasteiger charge is -2.11. The molecule has 0 spiro atoms. The highest BCUT2D eigenvalue weighted by molar-refractivity contribution is 9.11. The monoisotopic (exact) mass is 365 g/mol. The fraction of sp³-hybridized carbons (Fsp3) is 0.273. The van der Waals surface area contributed by atoms with Crippen molar-refractivity contribution in [1.82, 2.24) is 4.72 Å². The summed E-state index contributed by atoms with van der Waals surface area (Å²) in [6, 6.07) is 7.07. The Hall–Kier alpha value is -0.210. The molecule has 0 saturated carbocycles. The first-order valence-corrected chi connectivity index (χ1v) is 9.13. The fourth-order valence-electron chi connectivity index (χ4n) is 1.48. The number of halogens is 1. The van der Waals surface area contributed by atoms with E-state index in [2.05, 4.69) is 20.7 Å². The van der Waals surface area contributed by atoms with E-state index in [1.807, 2.05) is 26.0 Å². The van der Waals surface area contributed by atoms with Crippen molar-refractivity contribution in [3.05, 3.63) is 37.8 Å². The van der Waals surface area contributed by atoms with Gasteiger partial charge < -0.3 is 0 Å². The molecule has 3 nitrogen and oxygen atoms in total. The molecule has 0 aliphatic rings. The number of hydrogen-bond donors (Lipinski definition) is 1. The van der Waals surface area contributed by atoms with Crippen LogP contribution in [0.25, 0.3) is 0 Å². The van der Waals surface area contributed by atoms with Gasteiger partial charge in [-0.3, -0.25) is 0 Å².